The standard InChI is InChI=1S/C14H19ClN4O3/c1-9-7-18(8-10(2)22-9)12-4-3-11(17-14(16)6-15)5-13(12)19(20)21/h3-5,9-10H,6-8H2,1-2H3,(H2,16,17). The second-order valence-electron chi connectivity index (χ2n) is 5.33. The Balaban J connectivity index is 2.37. The highest BCUT2D eigenvalue weighted by atomic mass is 35.5. The average molecular weight is 327 g/mol. The van der Waals surface area contributed by atoms with Gasteiger partial charge in [-0.05, 0) is 26.0 Å². The van der Waals surface area contributed by atoms with Gasteiger partial charge in [0.05, 0.1) is 28.7 Å². The molecule has 120 valence electrons. The zero-order chi connectivity index (χ0) is 16.3. The van der Waals surface area contributed by atoms with Crippen LogP contribution in [0.25, 0.3) is 0 Å². The number of nitrogens with zero attached hydrogens (tertiary/aromatic N) is 3. The van der Waals surface area contributed by atoms with Crippen LogP contribution in [0.3, 0.4) is 0 Å². The maximum atomic E-state index is 11.4. The summed E-state index contributed by atoms with van der Waals surface area (Å²) in [5.74, 6) is 0.297. The SMILES string of the molecule is CC1CN(c2ccc(N=C(N)CCl)cc2[N+](=O)[O-])CC(C)O1. The number of halogens is 1. The minimum absolute atomic E-state index is 0.00456. The average Bonchev–Trinajstić information content (AvgIpc) is 2.45. The fourth-order valence-corrected chi connectivity index (χ4v) is 2.63. The van der Waals surface area contributed by atoms with E-state index in [2.05, 4.69) is 4.99 Å². The van der Waals surface area contributed by atoms with Crippen molar-refractivity contribution in [2.75, 3.05) is 23.9 Å². The van der Waals surface area contributed by atoms with Crippen LogP contribution in [-0.4, -0.2) is 41.9 Å². The van der Waals surface area contributed by atoms with Crippen LogP contribution in [0.1, 0.15) is 13.8 Å². The van der Waals surface area contributed by atoms with Crippen molar-refractivity contribution in [1.29, 1.82) is 0 Å². The molecule has 0 amide bonds. The van der Waals surface area contributed by atoms with Crippen LogP contribution in [0.15, 0.2) is 23.2 Å². The molecule has 0 saturated carbocycles. The summed E-state index contributed by atoms with van der Waals surface area (Å²) in [4.78, 5) is 17.0. The van der Waals surface area contributed by atoms with Gasteiger partial charge in [0.2, 0.25) is 0 Å². The molecule has 0 aromatic heterocycles. The van der Waals surface area contributed by atoms with E-state index in [1.54, 1.807) is 12.1 Å². The first-order valence-corrected chi connectivity index (χ1v) is 7.52. The molecule has 22 heavy (non-hydrogen) atoms. The van der Waals surface area contributed by atoms with E-state index < -0.39 is 4.92 Å². The smallest absolute Gasteiger partial charge is 0.294 e. The monoisotopic (exact) mass is 326 g/mol. The zero-order valence-electron chi connectivity index (χ0n) is 12.5. The van der Waals surface area contributed by atoms with Gasteiger partial charge in [-0.2, -0.15) is 0 Å². The third kappa shape index (κ3) is 3.86. The number of nitro benzene ring substituents is 1. The molecule has 1 aromatic rings. The lowest BCUT2D eigenvalue weighted by molar-refractivity contribution is -0.384. The summed E-state index contributed by atoms with van der Waals surface area (Å²) in [5.41, 5.74) is 6.56. The van der Waals surface area contributed by atoms with Crippen LogP contribution in [0, 0.1) is 10.1 Å². The number of rotatable bonds is 4. The molecule has 8 heteroatoms. The number of aliphatic imine (C=N–C) groups is 1. The van der Waals surface area contributed by atoms with Crippen molar-refractivity contribution in [3.63, 3.8) is 0 Å². The van der Waals surface area contributed by atoms with E-state index in [0.717, 1.165) is 0 Å². The number of nitrogens with two attached hydrogens (primary N) is 1. The minimum Gasteiger partial charge on any atom is -0.386 e. The predicted octanol–water partition coefficient (Wildman–Crippen LogP) is 2.44. The van der Waals surface area contributed by atoms with Crippen molar-refractivity contribution < 1.29 is 9.66 Å². The lowest BCUT2D eigenvalue weighted by Crippen LogP contribution is -2.45. The highest BCUT2D eigenvalue weighted by molar-refractivity contribution is 6.28. The molecule has 0 radical (unpaired) electrons. The number of nitro groups is 1. The Hall–Kier alpha value is -1.86. The van der Waals surface area contributed by atoms with Gasteiger partial charge in [0.25, 0.3) is 5.69 Å². The van der Waals surface area contributed by atoms with Crippen LogP contribution >= 0.6 is 11.6 Å². The Morgan fingerprint density at radius 3 is 2.68 bits per heavy atom. The number of alkyl halides is 1. The van der Waals surface area contributed by atoms with Crippen molar-refractivity contribution >= 4 is 34.5 Å². The quantitative estimate of drug-likeness (QED) is 0.301. The molecule has 1 aliphatic heterocycles. The minimum atomic E-state index is -0.407. The fraction of sp³-hybridized carbons (Fsp3) is 0.500. The van der Waals surface area contributed by atoms with Crippen molar-refractivity contribution in [1.82, 2.24) is 0 Å². The Morgan fingerprint density at radius 1 is 1.50 bits per heavy atom. The Labute approximate surface area is 133 Å². The van der Waals surface area contributed by atoms with Crippen LogP contribution in [0.2, 0.25) is 0 Å². The third-order valence-corrected chi connectivity index (χ3v) is 3.60. The first-order valence-electron chi connectivity index (χ1n) is 6.98. The number of ether oxygens (including phenoxy) is 1. The normalized spacial score (nSPS) is 22.7. The molecule has 2 N–H and O–H groups in total. The van der Waals surface area contributed by atoms with Crippen molar-refractivity contribution in [3.8, 4) is 0 Å². The molecule has 1 aliphatic rings. The molecule has 0 bridgehead atoms. The van der Waals surface area contributed by atoms with Gasteiger partial charge < -0.3 is 15.4 Å². The number of hydrogen-bond donors (Lipinski definition) is 1. The molecule has 1 saturated heterocycles. The summed E-state index contributed by atoms with van der Waals surface area (Å²) in [6.07, 6.45) is 0.0425. The van der Waals surface area contributed by atoms with Crippen LogP contribution in [-0.2, 0) is 4.74 Å². The summed E-state index contributed by atoms with van der Waals surface area (Å²) >= 11 is 5.58. The molecule has 2 atom stereocenters. The van der Waals surface area contributed by atoms with Crippen LogP contribution in [0.5, 0.6) is 0 Å². The van der Waals surface area contributed by atoms with Gasteiger partial charge in [-0.25, -0.2) is 4.99 Å². The molecule has 0 spiro atoms. The molecule has 1 heterocycles. The Bertz CT molecular complexity index is 583. The van der Waals surface area contributed by atoms with Gasteiger partial charge in [0.15, 0.2) is 0 Å². The van der Waals surface area contributed by atoms with E-state index in [1.807, 2.05) is 18.7 Å². The predicted molar refractivity (Wildman–Crippen MR) is 87.3 cm³/mol. The van der Waals surface area contributed by atoms with Crippen LogP contribution < -0.4 is 10.6 Å². The molecule has 7 nitrogen and oxygen atoms in total. The maximum Gasteiger partial charge on any atom is 0.294 e. The number of morpholine rings is 1. The number of hydrogen-bond acceptors (Lipinski definition) is 5. The second kappa shape index (κ2) is 6.93. The summed E-state index contributed by atoms with van der Waals surface area (Å²) in [6, 6.07) is 4.81. The van der Waals surface area contributed by atoms with Gasteiger partial charge in [-0.15, -0.1) is 11.6 Å². The third-order valence-electron chi connectivity index (χ3n) is 3.33. The van der Waals surface area contributed by atoms with Gasteiger partial charge in [-0.3, -0.25) is 10.1 Å². The fourth-order valence-electron chi connectivity index (χ4n) is 2.57. The van der Waals surface area contributed by atoms with E-state index >= 15 is 0 Å². The summed E-state index contributed by atoms with van der Waals surface area (Å²) in [7, 11) is 0. The zero-order valence-corrected chi connectivity index (χ0v) is 13.3. The highest BCUT2D eigenvalue weighted by Gasteiger charge is 2.27. The largest absolute Gasteiger partial charge is 0.386 e. The molecule has 2 unspecified atom stereocenters. The molecule has 1 fully saturated rings. The summed E-state index contributed by atoms with van der Waals surface area (Å²) < 4.78 is 5.66. The topological polar surface area (TPSA) is 94.0 Å². The first-order chi connectivity index (χ1) is 10.4. The van der Waals surface area contributed by atoms with Gasteiger partial charge in [0, 0.05) is 19.2 Å². The van der Waals surface area contributed by atoms with E-state index in [1.165, 1.54) is 6.07 Å². The van der Waals surface area contributed by atoms with Gasteiger partial charge >= 0.3 is 0 Å². The second-order valence-corrected chi connectivity index (χ2v) is 5.60. The number of amidine groups is 1. The highest BCUT2D eigenvalue weighted by Crippen LogP contribution is 2.33. The summed E-state index contributed by atoms with van der Waals surface area (Å²) in [5, 5.41) is 11.4. The van der Waals surface area contributed by atoms with Gasteiger partial charge in [0.1, 0.15) is 11.5 Å². The number of anilines is 1. The molecule has 1 aromatic carbocycles. The lowest BCUT2D eigenvalue weighted by Gasteiger charge is -2.36. The van der Waals surface area contributed by atoms with Crippen molar-refractivity contribution in [2.45, 2.75) is 26.1 Å². The lowest BCUT2D eigenvalue weighted by atomic mass is 10.1. The molecule has 2 rings (SSSR count). The molecule has 0 aliphatic carbocycles. The Morgan fingerprint density at radius 2 is 2.14 bits per heavy atom. The van der Waals surface area contributed by atoms with Crippen molar-refractivity contribution in [2.24, 2.45) is 10.7 Å². The van der Waals surface area contributed by atoms with E-state index in [-0.39, 0.29) is 29.6 Å². The Kier molecular flexibility index (Phi) is 5.20. The van der Waals surface area contributed by atoms with E-state index in [0.29, 0.717) is 24.5 Å². The van der Waals surface area contributed by atoms with Crippen LogP contribution in [0.4, 0.5) is 17.1 Å². The molecular weight excluding hydrogens is 308 g/mol. The van der Waals surface area contributed by atoms with Crippen molar-refractivity contribution in [3.05, 3.63) is 28.3 Å². The van der Waals surface area contributed by atoms with E-state index in [9.17, 15) is 10.1 Å². The first kappa shape index (κ1) is 16.5. The maximum absolute atomic E-state index is 11.4. The number of benzene rings is 1. The molecular formula is C14H19ClN4O3. The summed E-state index contributed by atoms with van der Waals surface area (Å²) in [6.45, 7) is 5.12. The van der Waals surface area contributed by atoms with Gasteiger partial charge in [-0.1, -0.05) is 0 Å². The van der Waals surface area contributed by atoms with E-state index in [4.69, 9.17) is 22.1 Å².